The number of anilines is 2. The molecule has 128 valence electrons. The number of carbonyl (C=O) groups is 1. The van der Waals surface area contributed by atoms with Crippen molar-refractivity contribution in [3.63, 3.8) is 0 Å². The van der Waals surface area contributed by atoms with Gasteiger partial charge in [-0.15, -0.1) is 5.10 Å². The molecular weight excluding hydrogens is 324 g/mol. The maximum atomic E-state index is 12.4. The standard InChI is InChI=1S/C17H22N4O2S/c1-3-4-15-16(24-20-19-15)17(22)18-12-5-7-13(8-6-12)21-10-9-14(11-21)23-2/h5-8,14H,3-4,9-11H2,1-2H3,(H,18,22)/t14-/m0/s1. The van der Waals surface area contributed by atoms with Gasteiger partial charge >= 0.3 is 0 Å². The highest BCUT2D eigenvalue weighted by atomic mass is 32.1. The van der Waals surface area contributed by atoms with Crippen molar-refractivity contribution in [2.75, 3.05) is 30.4 Å². The number of aryl methyl sites for hydroxylation is 1. The highest BCUT2D eigenvalue weighted by Gasteiger charge is 2.22. The molecule has 0 aliphatic carbocycles. The molecular formula is C17H22N4O2S. The van der Waals surface area contributed by atoms with Crippen LogP contribution in [0.2, 0.25) is 0 Å². The molecule has 0 radical (unpaired) electrons. The van der Waals surface area contributed by atoms with Gasteiger partial charge in [-0.3, -0.25) is 4.79 Å². The zero-order valence-electron chi connectivity index (χ0n) is 14.0. The lowest BCUT2D eigenvalue weighted by Crippen LogP contribution is -2.22. The van der Waals surface area contributed by atoms with E-state index in [9.17, 15) is 4.79 Å². The van der Waals surface area contributed by atoms with E-state index in [-0.39, 0.29) is 5.91 Å². The van der Waals surface area contributed by atoms with E-state index in [1.807, 2.05) is 24.3 Å². The van der Waals surface area contributed by atoms with Crippen LogP contribution in [0.5, 0.6) is 0 Å². The van der Waals surface area contributed by atoms with Crippen LogP contribution in [0.1, 0.15) is 35.1 Å². The number of methoxy groups -OCH3 is 1. The summed E-state index contributed by atoms with van der Waals surface area (Å²) in [6, 6.07) is 7.93. The summed E-state index contributed by atoms with van der Waals surface area (Å²) in [7, 11) is 1.76. The zero-order chi connectivity index (χ0) is 16.9. The third kappa shape index (κ3) is 3.73. The van der Waals surface area contributed by atoms with Crippen LogP contribution < -0.4 is 10.2 Å². The SMILES string of the molecule is CCCc1nnsc1C(=O)Nc1ccc(N2CC[C@H](OC)C2)cc1. The number of rotatable bonds is 6. The predicted molar refractivity (Wildman–Crippen MR) is 95.9 cm³/mol. The lowest BCUT2D eigenvalue weighted by Gasteiger charge is -2.18. The Labute approximate surface area is 146 Å². The zero-order valence-corrected chi connectivity index (χ0v) is 14.8. The van der Waals surface area contributed by atoms with Crippen LogP contribution in [0.4, 0.5) is 11.4 Å². The Balaban J connectivity index is 1.64. The van der Waals surface area contributed by atoms with E-state index in [1.165, 1.54) is 0 Å². The Kier molecular flexibility index (Phi) is 5.42. The molecule has 1 atom stereocenters. The van der Waals surface area contributed by atoms with Crippen molar-refractivity contribution < 1.29 is 9.53 Å². The quantitative estimate of drug-likeness (QED) is 0.871. The van der Waals surface area contributed by atoms with E-state index >= 15 is 0 Å². The summed E-state index contributed by atoms with van der Waals surface area (Å²) < 4.78 is 9.30. The van der Waals surface area contributed by atoms with E-state index in [4.69, 9.17) is 4.74 Å². The largest absolute Gasteiger partial charge is 0.380 e. The van der Waals surface area contributed by atoms with E-state index in [2.05, 4.69) is 26.7 Å². The number of amides is 1. The molecule has 1 fully saturated rings. The molecule has 24 heavy (non-hydrogen) atoms. The molecule has 0 spiro atoms. The Bertz CT molecular complexity index is 686. The van der Waals surface area contributed by atoms with Gasteiger partial charge in [-0.2, -0.15) is 0 Å². The van der Waals surface area contributed by atoms with Crippen molar-refractivity contribution in [3.8, 4) is 0 Å². The first-order valence-electron chi connectivity index (χ1n) is 8.21. The maximum Gasteiger partial charge on any atom is 0.269 e. The van der Waals surface area contributed by atoms with Gasteiger partial charge in [-0.25, -0.2) is 0 Å². The van der Waals surface area contributed by atoms with Crippen LogP contribution in [-0.2, 0) is 11.2 Å². The fourth-order valence-electron chi connectivity index (χ4n) is 2.88. The Hall–Kier alpha value is -1.99. The maximum absolute atomic E-state index is 12.4. The summed E-state index contributed by atoms with van der Waals surface area (Å²) in [5.74, 6) is -0.137. The summed E-state index contributed by atoms with van der Waals surface area (Å²) in [4.78, 5) is 15.3. The van der Waals surface area contributed by atoms with Crippen molar-refractivity contribution in [2.24, 2.45) is 0 Å². The molecule has 1 saturated heterocycles. The molecule has 2 heterocycles. The second kappa shape index (κ2) is 7.72. The van der Waals surface area contributed by atoms with Crippen LogP contribution >= 0.6 is 11.5 Å². The monoisotopic (exact) mass is 346 g/mol. The number of hydrogen-bond donors (Lipinski definition) is 1. The molecule has 0 saturated carbocycles. The topological polar surface area (TPSA) is 67.4 Å². The molecule has 1 amide bonds. The van der Waals surface area contributed by atoms with Crippen molar-refractivity contribution in [2.45, 2.75) is 32.3 Å². The van der Waals surface area contributed by atoms with E-state index in [1.54, 1.807) is 7.11 Å². The van der Waals surface area contributed by atoms with Gasteiger partial charge in [-0.1, -0.05) is 17.8 Å². The fraction of sp³-hybridized carbons (Fsp3) is 0.471. The van der Waals surface area contributed by atoms with Crippen molar-refractivity contribution in [1.29, 1.82) is 0 Å². The van der Waals surface area contributed by atoms with Gasteiger partial charge in [0.15, 0.2) is 0 Å². The van der Waals surface area contributed by atoms with Gasteiger partial charge in [-0.05, 0) is 48.6 Å². The molecule has 1 N–H and O–H groups in total. The summed E-state index contributed by atoms with van der Waals surface area (Å²) in [6.07, 6.45) is 3.07. The molecule has 2 aromatic rings. The van der Waals surface area contributed by atoms with Crippen molar-refractivity contribution in [1.82, 2.24) is 9.59 Å². The molecule has 6 nitrogen and oxygen atoms in total. The van der Waals surface area contributed by atoms with Crippen LogP contribution in [0.3, 0.4) is 0 Å². The van der Waals surface area contributed by atoms with Gasteiger partial charge in [0.2, 0.25) is 0 Å². The molecule has 1 aliphatic heterocycles. The number of hydrogen-bond acceptors (Lipinski definition) is 6. The highest BCUT2D eigenvalue weighted by molar-refractivity contribution is 7.08. The lowest BCUT2D eigenvalue weighted by molar-refractivity contribution is 0.102. The normalized spacial score (nSPS) is 17.2. The summed E-state index contributed by atoms with van der Waals surface area (Å²) in [5.41, 5.74) is 2.71. The van der Waals surface area contributed by atoms with Gasteiger partial charge in [0.25, 0.3) is 5.91 Å². The molecule has 1 aliphatic rings. The molecule has 0 unspecified atom stereocenters. The number of nitrogens with zero attached hydrogens (tertiary/aromatic N) is 3. The minimum atomic E-state index is -0.137. The molecule has 3 rings (SSSR count). The van der Waals surface area contributed by atoms with Gasteiger partial charge in [0.05, 0.1) is 11.8 Å². The molecule has 0 bridgehead atoms. The predicted octanol–water partition coefficient (Wildman–Crippen LogP) is 2.97. The number of aromatic nitrogens is 2. The second-order valence-corrected chi connectivity index (χ2v) is 6.65. The van der Waals surface area contributed by atoms with E-state index < -0.39 is 0 Å². The fourth-order valence-corrected chi connectivity index (χ4v) is 3.48. The Morgan fingerprint density at radius 1 is 1.42 bits per heavy atom. The summed E-state index contributed by atoms with van der Waals surface area (Å²) in [5, 5.41) is 6.97. The average molecular weight is 346 g/mol. The number of nitrogens with one attached hydrogen (secondary N) is 1. The number of ether oxygens (including phenoxy) is 1. The minimum Gasteiger partial charge on any atom is -0.380 e. The summed E-state index contributed by atoms with van der Waals surface area (Å²) >= 11 is 1.15. The van der Waals surface area contributed by atoms with Crippen LogP contribution in [0.15, 0.2) is 24.3 Å². The number of benzene rings is 1. The second-order valence-electron chi connectivity index (χ2n) is 5.89. The van der Waals surface area contributed by atoms with Crippen LogP contribution in [0.25, 0.3) is 0 Å². The van der Waals surface area contributed by atoms with Crippen LogP contribution in [-0.4, -0.2) is 41.8 Å². The Morgan fingerprint density at radius 2 is 2.21 bits per heavy atom. The van der Waals surface area contributed by atoms with Gasteiger partial charge in [0.1, 0.15) is 4.88 Å². The minimum absolute atomic E-state index is 0.137. The van der Waals surface area contributed by atoms with Crippen molar-refractivity contribution >= 4 is 28.8 Å². The van der Waals surface area contributed by atoms with E-state index in [0.717, 1.165) is 61.0 Å². The van der Waals surface area contributed by atoms with Crippen LogP contribution in [0, 0.1) is 0 Å². The Morgan fingerprint density at radius 3 is 2.88 bits per heavy atom. The first-order valence-corrected chi connectivity index (χ1v) is 8.99. The lowest BCUT2D eigenvalue weighted by atomic mass is 10.2. The van der Waals surface area contributed by atoms with Gasteiger partial charge in [0, 0.05) is 31.6 Å². The van der Waals surface area contributed by atoms with Gasteiger partial charge < -0.3 is 15.0 Å². The molecule has 1 aromatic carbocycles. The smallest absolute Gasteiger partial charge is 0.269 e. The van der Waals surface area contributed by atoms with E-state index in [0.29, 0.717) is 11.0 Å². The average Bonchev–Trinajstić information content (AvgIpc) is 3.25. The highest BCUT2D eigenvalue weighted by Crippen LogP contribution is 2.24. The first kappa shape index (κ1) is 16.9. The number of carbonyl (C=O) groups excluding carboxylic acids is 1. The molecule has 7 heteroatoms. The molecule has 1 aromatic heterocycles. The third-order valence-electron chi connectivity index (χ3n) is 4.22. The summed E-state index contributed by atoms with van der Waals surface area (Å²) in [6.45, 7) is 3.97. The first-order chi connectivity index (χ1) is 11.7. The third-order valence-corrected chi connectivity index (χ3v) is 4.98. The van der Waals surface area contributed by atoms with Crippen molar-refractivity contribution in [3.05, 3.63) is 34.8 Å².